The molecule has 9 heavy (non-hydrogen) atoms. The molecule has 1 rings (SSSR count). The van der Waals surface area contributed by atoms with Crippen molar-refractivity contribution < 1.29 is 0 Å². The van der Waals surface area contributed by atoms with E-state index in [1.165, 1.54) is 0 Å². The Balaban J connectivity index is 3.29. The minimum atomic E-state index is 0.710. The van der Waals surface area contributed by atoms with Gasteiger partial charge < -0.3 is 5.73 Å². The molecule has 1 aromatic heterocycles. The van der Waals surface area contributed by atoms with E-state index in [0.717, 1.165) is 10.2 Å². The van der Waals surface area contributed by atoms with Gasteiger partial charge in [-0.3, -0.25) is 4.68 Å². The molecular formula is C5H8BrN3. The molecule has 0 radical (unpaired) electrons. The number of halogens is 1. The molecule has 0 aliphatic carbocycles. The van der Waals surface area contributed by atoms with Gasteiger partial charge in [0.25, 0.3) is 0 Å². The number of aromatic nitrogens is 2. The van der Waals surface area contributed by atoms with Crippen LogP contribution in [-0.4, -0.2) is 9.78 Å². The summed E-state index contributed by atoms with van der Waals surface area (Å²) in [6, 6.07) is 0. The zero-order valence-corrected chi connectivity index (χ0v) is 6.94. The second kappa shape index (κ2) is 2.02. The van der Waals surface area contributed by atoms with Gasteiger partial charge in [-0.2, -0.15) is 5.10 Å². The average Bonchev–Trinajstić information content (AvgIpc) is 1.98. The molecule has 0 saturated heterocycles. The summed E-state index contributed by atoms with van der Waals surface area (Å²) in [6.07, 6.45) is 0. The highest BCUT2D eigenvalue weighted by molar-refractivity contribution is 9.10. The smallest absolute Gasteiger partial charge is 0.133 e. The van der Waals surface area contributed by atoms with Crippen LogP contribution in [0.15, 0.2) is 4.60 Å². The van der Waals surface area contributed by atoms with Crippen molar-refractivity contribution in [3.8, 4) is 0 Å². The summed E-state index contributed by atoms with van der Waals surface area (Å²) in [5.41, 5.74) is 6.57. The number of hydrogen-bond donors (Lipinski definition) is 1. The molecule has 0 unspecified atom stereocenters. The van der Waals surface area contributed by atoms with Crippen LogP contribution in [0, 0.1) is 6.92 Å². The Morgan fingerprint density at radius 3 is 2.33 bits per heavy atom. The second-order valence-corrected chi connectivity index (χ2v) is 2.68. The third kappa shape index (κ3) is 0.941. The van der Waals surface area contributed by atoms with Crippen LogP contribution in [0.4, 0.5) is 5.82 Å². The summed E-state index contributed by atoms with van der Waals surface area (Å²) in [4.78, 5) is 0. The second-order valence-electron chi connectivity index (χ2n) is 1.92. The third-order valence-electron chi connectivity index (χ3n) is 1.28. The molecular weight excluding hydrogens is 182 g/mol. The van der Waals surface area contributed by atoms with E-state index in [2.05, 4.69) is 21.0 Å². The predicted octanol–water partition coefficient (Wildman–Crippen LogP) is 1.07. The first-order valence-corrected chi connectivity index (χ1v) is 3.37. The Morgan fingerprint density at radius 2 is 2.22 bits per heavy atom. The van der Waals surface area contributed by atoms with E-state index in [4.69, 9.17) is 5.73 Å². The van der Waals surface area contributed by atoms with Crippen LogP contribution in [0.3, 0.4) is 0 Å². The van der Waals surface area contributed by atoms with Gasteiger partial charge in [0.05, 0.1) is 0 Å². The number of nitrogens with zero attached hydrogens (tertiary/aromatic N) is 2. The van der Waals surface area contributed by atoms with Gasteiger partial charge in [0, 0.05) is 12.6 Å². The molecule has 0 aliphatic rings. The van der Waals surface area contributed by atoms with E-state index in [-0.39, 0.29) is 0 Å². The molecule has 0 spiro atoms. The lowest BCUT2D eigenvalue weighted by Crippen LogP contribution is -1.97. The number of rotatable bonds is 0. The number of nitrogens with two attached hydrogens (primary N) is 1. The maximum Gasteiger partial charge on any atom is 0.133 e. The van der Waals surface area contributed by atoms with Gasteiger partial charge in [0.15, 0.2) is 0 Å². The van der Waals surface area contributed by atoms with Crippen LogP contribution < -0.4 is 5.73 Å². The maximum absolute atomic E-state index is 5.57. The van der Waals surface area contributed by atoms with Gasteiger partial charge in [-0.05, 0) is 22.9 Å². The lowest BCUT2D eigenvalue weighted by atomic mass is 10.4. The van der Waals surface area contributed by atoms with E-state index in [1.54, 1.807) is 4.68 Å². The standard InChI is InChI=1S/C5H8BrN3/c1-3-4(6)8-9(2)5(3)7/h7H2,1-2H3. The topological polar surface area (TPSA) is 43.8 Å². The largest absolute Gasteiger partial charge is 0.384 e. The molecule has 2 N–H and O–H groups in total. The molecule has 1 heterocycles. The van der Waals surface area contributed by atoms with Crippen molar-refractivity contribution in [1.82, 2.24) is 9.78 Å². The van der Waals surface area contributed by atoms with Gasteiger partial charge in [-0.25, -0.2) is 0 Å². The molecule has 0 bridgehead atoms. The lowest BCUT2D eigenvalue weighted by molar-refractivity contribution is 0.771. The molecule has 1 aromatic rings. The molecule has 3 nitrogen and oxygen atoms in total. The predicted molar refractivity (Wildman–Crippen MR) is 40.1 cm³/mol. The molecule has 50 valence electrons. The monoisotopic (exact) mass is 189 g/mol. The number of nitrogen functional groups attached to an aromatic ring is 1. The minimum Gasteiger partial charge on any atom is -0.384 e. The first kappa shape index (κ1) is 6.61. The van der Waals surface area contributed by atoms with Gasteiger partial charge in [0.1, 0.15) is 10.4 Å². The summed E-state index contributed by atoms with van der Waals surface area (Å²) in [7, 11) is 1.81. The van der Waals surface area contributed by atoms with Crippen molar-refractivity contribution in [1.29, 1.82) is 0 Å². The van der Waals surface area contributed by atoms with E-state index in [0.29, 0.717) is 5.82 Å². The summed E-state index contributed by atoms with van der Waals surface area (Å²) >= 11 is 3.25. The Labute approximate surface area is 62.0 Å². The van der Waals surface area contributed by atoms with Crippen molar-refractivity contribution in [2.75, 3.05) is 5.73 Å². The van der Waals surface area contributed by atoms with Crippen LogP contribution in [0.1, 0.15) is 5.56 Å². The van der Waals surface area contributed by atoms with Crippen molar-refractivity contribution >= 4 is 21.7 Å². The van der Waals surface area contributed by atoms with Crippen molar-refractivity contribution in [2.24, 2.45) is 7.05 Å². The lowest BCUT2D eigenvalue weighted by Gasteiger charge is -1.90. The maximum atomic E-state index is 5.57. The van der Waals surface area contributed by atoms with Crippen LogP contribution in [0.2, 0.25) is 0 Å². The molecule has 0 atom stereocenters. The quantitative estimate of drug-likeness (QED) is 0.664. The Bertz CT molecular complexity index is 206. The highest BCUT2D eigenvalue weighted by Crippen LogP contribution is 2.18. The summed E-state index contributed by atoms with van der Waals surface area (Å²) < 4.78 is 2.46. The minimum absolute atomic E-state index is 0.710. The van der Waals surface area contributed by atoms with Crippen molar-refractivity contribution in [2.45, 2.75) is 6.92 Å². The Hall–Kier alpha value is -0.510. The average molecular weight is 190 g/mol. The summed E-state index contributed by atoms with van der Waals surface area (Å²) in [5, 5.41) is 4.02. The molecule has 0 fully saturated rings. The summed E-state index contributed by atoms with van der Waals surface area (Å²) in [5.74, 6) is 0.710. The van der Waals surface area contributed by atoms with E-state index in [9.17, 15) is 0 Å². The van der Waals surface area contributed by atoms with E-state index in [1.807, 2.05) is 14.0 Å². The third-order valence-corrected chi connectivity index (χ3v) is 2.03. The normalized spacial score (nSPS) is 10.1. The number of aryl methyl sites for hydroxylation is 1. The van der Waals surface area contributed by atoms with Gasteiger partial charge in [-0.15, -0.1) is 0 Å². The highest BCUT2D eigenvalue weighted by atomic mass is 79.9. The number of anilines is 1. The SMILES string of the molecule is Cc1c(Br)nn(C)c1N. The fourth-order valence-corrected chi connectivity index (χ4v) is 1.05. The van der Waals surface area contributed by atoms with Gasteiger partial charge in [-0.1, -0.05) is 0 Å². The Kier molecular flexibility index (Phi) is 1.48. The van der Waals surface area contributed by atoms with Gasteiger partial charge >= 0.3 is 0 Å². The zero-order valence-electron chi connectivity index (χ0n) is 5.35. The highest BCUT2D eigenvalue weighted by Gasteiger charge is 2.04. The Morgan fingerprint density at radius 1 is 1.67 bits per heavy atom. The van der Waals surface area contributed by atoms with E-state index < -0.39 is 0 Å². The fourth-order valence-electron chi connectivity index (χ4n) is 0.609. The van der Waals surface area contributed by atoms with Crippen molar-refractivity contribution in [3.05, 3.63) is 10.2 Å². The molecule has 0 saturated carbocycles. The fraction of sp³-hybridized carbons (Fsp3) is 0.400. The first-order chi connectivity index (χ1) is 4.13. The van der Waals surface area contributed by atoms with Crippen LogP contribution in [0.5, 0.6) is 0 Å². The number of hydrogen-bond acceptors (Lipinski definition) is 2. The molecule has 0 aliphatic heterocycles. The van der Waals surface area contributed by atoms with Crippen LogP contribution in [-0.2, 0) is 7.05 Å². The van der Waals surface area contributed by atoms with Crippen molar-refractivity contribution in [3.63, 3.8) is 0 Å². The first-order valence-electron chi connectivity index (χ1n) is 2.57. The molecule has 0 aromatic carbocycles. The van der Waals surface area contributed by atoms with Crippen LogP contribution in [0.25, 0.3) is 0 Å². The molecule has 0 amide bonds. The van der Waals surface area contributed by atoms with Gasteiger partial charge in [0.2, 0.25) is 0 Å². The summed E-state index contributed by atoms with van der Waals surface area (Å²) in [6.45, 7) is 1.92. The van der Waals surface area contributed by atoms with Crippen LogP contribution >= 0.6 is 15.9 Å². The van der Waals surface area contributed by atoms with E-state index >= 15 is 0 Å². The zero-order chi connectivity index (χ0) is 7.02. The molecule has 4 heteroatoms.